The Morgan fingerprint density at radius 3 is 3.06 bits per heavy atom. The third-order valence-corrected chi connectivity index (χ3v) is 2.27. The van der Waals surface area contributed by atoms with E-state index < -0.39 is 0 Å². The summed E-state index contributed by atoms with van der Waals surface area (Å²) in [5.41, 5.74) is 6.10. The smallest absolute Gasteiger partial charge is 0.299 e. The van der Waals surface area contributed by atoms with Crippen LogP contribution in [0.1, 0.15) is 10.5 Å². The fourth-order valence-electron chi connectivity index (χ4n) is 1.44. The van der Waals surface area contributed by atoms with Crippen molar-refractivity contribution in [2.45, 2.75) is 0 Å². The third-order valence-electron chi connectivity index (χ3n) is 2.27. The lowest BCUT2D eigenvalue weighted by Gasteiger charge is -2.14. The molecule has 1 aromatic carbocycles. The number of para-hydroxylation sites is 1. The highest BCUT2D eigenvalue weighted by Gasteiger charge is 2.19. The van der Waals surface area contributed by atoms with Crippen LogP contribution in [0.3, 0.4) is 0 Å². The van der Waals surface area contributed by atoms with Gasteiger partial charge in [0.05, 0.1) is 12.0 Å². The van der Waals surface area contributed by atoms with Crippen LogP contribution in [0.5, 0.6) is 0 Å². The first-order chi connectivity index (χ1) is 8.24. The lowest BCUT2D eigenvalue weighted by atomic mass is 10.2. The quantitative estimate of drug-likeness (QED) is 0.792. The number of benzene rings is 1. The van der Waals surface area contributed by atoms with Gasteiger partial charge in [-0.25, -0.2) is 5.06 Å². The molecule has 2 aromatic rings. The van der Waals surface area contributed by atoms with Crippen molar-refractivity contribution >= 4 is 16.9 Å². The topological polar surface area (TPSA) is 81.6 Å². The van der Waals surface area contributed by atoms with Crippen molar-refractivity contribution in [3.05, 3.63) is 30.0 Å². The van der Waals surface area contributed by atoms with E-state index in [-0.39, 0.29) is 18.2 Å². The highest BCUT2D eigenvalue weighted by Crippen LogP contribution is 2.18. The van der Waals surface area contributed by atoms with Crippen molar-refractivity contribution in [2.75, 3.05) is 20.2 Å². The molecular formula is C11H13N3O3. The fraction of sp³-hybridized carbons (Fsp3) is 0.273. The molecule has 6 nitrogen and oxygen atoms in total. The maximum Gasteiger partial charge on any atom is 0.299 e. The van der Waals surface area contributed by atoms with Gasteiger partial charge in [-0.15, -0.1) is 0 Å². The van der Waals surface area contributed by atoms with Crippen LogP contribution < -0.4 is 5.73 Å². The standard InChI is InChI=1S/C11H13N3O3/c1-14(16-7-6-12)11(15)10-8-4-2-3-5-9(8)17-13-10/h2-5H,6-7,12H2,1H3. The second-order valence-electron chi connectivity index (χ2n) is 3.45. The van der Waals surface area contributed by atoms with Gasteiger partial charge >= 0.3 is 0 Å². The van der Waals surface area contributed by atoms with Crippen molar-refractivity contribution in [3.63, 3.8) is 0 Å². The molecule has 0 saturated heterocycles. The molecule has 0 radical (unpaired) electrons. The zero-order chi connectivity index (χ0) is 12.3. The number of aromatic nitrogens is 1. The van der Waals surface area contributed by atoms with Gasteiger partial charge < -0.3 is 10.3 Å². The summed E-state index contributed by atoms with van der Waals surface area (Å²) in [6.45, 7) is 0.620. The number of amides is 1. The summed E-state index contributed by atoms with van der Waals surface area (Å²) in [6.07, 6.45) is 0. The van der Waals surface area contributed by atoms with E-state index >= 15 is 0 Å². The van der Waals surface area contributed by atoms with Crippen LogP contribution in [-0.2, 0) is 4.84 Å². The summed E-state index contributed by atoms with van der Waals surface area (Å²) in [4.78, 5) is 17.1. The normalized spacial score (nSPS) is 10.7. The number of hydrogen-bond donors (Lipinski definition) is 1. The van der Waals surface area contributed by atoms with E-state index in [0.29, 0.717) is 17.5 Å². The Bertz CT molecular complexity index is 523. The molecule has 1 heterocycles. The van der Waals surface area contributed by atoms with Gasteiger partial charge in [0, 0.05) is 13.6 Å². The number of fused-ring (bicyclic) bond motifs is 1. The molecule has 0 aliphatic rings. The molecule has 0 atom stereocenters. The van der Waals surface area contributed by atoms with Gasteiger partial charge in [0.2, 0.25) is 0 Å². The van der Waals surface area contributed by atoms with Gasteiger partial charge in [-0.05, 0) is 12.1 Å². The Hall–Kier alpha value is -1.92. The number of carbonyl (C=O) groups is 1. The van der Waals surface area contributed by atoms with Crippen LogP contribution in [0.15, 0.2) is 28.8 Å². The first-order valence-electron chi connectivity index (χ1n) is 5.19. The molecule has 0 bridgehead atoms. The van der Waals surface area contributed by atoms with Gasteiger partial charge in [0.1, 0.15) is 0 Å². The minimum Gasteiger partial charge on any atom is -0.355 e. The molecular weight excluding hydrogens is 222 g/mol. The van der Waals surface area contributed by atoms with E-state index in [9.17, 15) is 4.79 Å². The van der Waals surface area contributed by atoms with Crippen LogP contribution in [0.4, 0.5) is 0 Å². The van der Waals surface area contributed by atoms with Gasteiger partial charge in [-0.1, -0.05) is 17.3 Å². The molecule has 2 rings (SSSR count). The number of rotatable bonds is 4. The van der Waals surface area contributed by atoms with E-state index in [1.807, 2.05) is 12.1 Å². The zero-order valence-electron chi connectivity index (χ0n) is 9.42. The van der Waals surface area contributed by atoms with E-state index in [0.717, 1.165) is 5.06 Å². The lowest BCUT2D eigenvalue weighted by Crippen LogP contribution is -2.29. The Morgan fingerprint density at radius 1 is 1.53 bits per heavy atom. The first-order valence-corrected chi connectivity index (χ1v) is 5.19. The molecule has 0 fully saturated rings. The fourth-order valence-corrected chi connectivity index (χ4v) is 1.44. The summed E-state index contributed by atoms with van der Waals surface area (Å²) in [5, 5.41) is 5.52. The summed E-state index contributed by atoms with van der Waals surface area (Å²) in [7, 11) is 1.52. The van der Waals surface area contributed by atoms with E-state index in [1.165, 1.54) is 7.05 Å². The van der Waals surface area contributed by atoms with Crippen LogP contribution in [0.25, 0.3) is 11.0 Å². The highest BCUT2D eigenvalue weighted by atomic mass is 16.7. The Labute approximate surface area is 97.9 Å². The lowest BCUT2D eigenvalue weighted by molar-refractivity contribution is -0.102. The summed E-state index contributed by atoms with van der Waals surface area (Å²) < 4.78 is 5.05. The van der Waals surface area contributed by atoms with Crippen LogP contribution in [-0.4, -0.2) is 36.3 Å². The molecule has 0 saturated carbocycles. The maximum absolute atomic E-state index is 12.0. The van der Waals surface area contributed by atoms with Crippen molar-refractivity contribution in [1.29, 1.82) is 0 Å². The molecule has 90 valence electrons. The van der Waals surface area contributed by atoms with Crippen molar-refractivity contribution in [3.8, 4) is 0 Å². The van der Waals surface area contributed by atoms with Gasteiger partial charge in [-0.3, -0.25) is 9.63 Å². The monoisotopic (exact) mass is 235 g/mol. The molecule has 17 heavy (non-hydrogen) atoms. The molecule has 1 amide bonds. The molecule has 0 aliphatic carbocycles. The average molecular weight is 235 g/mol. The van der Waals surface area contributed by atoms with Crippen LogP contribution >= 0.6 is 0 Å². The van der Waals surface area contributed by atoms with Gasteiger partial charge in [0.25, 0.3) is 5.91 Å². The van der Waals surface area contributed by atoms with Gasteiger partial charge in [-0.2, -0.15) is 0 Å². The molecule has 1 aromatic heterocycles. The number of carbonyl (C=O) groups excluding carboxylic acids is 1. The second-order valence-corrected chi connectivity index (χ2v) is 3.45. The summed E-state index contributed by atoms with van der Waals surface area (Å²) in [5.74, 6) is -0.358. The molecule has 0 aliphatic heterocycles. The minimum atomic E-state index is -0.358. The number of nitrogens with zero attached hydrogens (tertiary/aromatic N) is 2. The Morgan fingerprint density at radius 2 is 2.29 bits per heavy atom. The largest absolute Gasteiger partial charge is 0.355 e. The maximum atomic E-state index is 12.0. The highest BCUT2D eigenvalue weighted by molar-refractivity contribution is 6.03. The summed E-state index contributed by atoms with van der Waals surface area (Å²) >= 11 is 0. The van der Waals surface area contributed by atoms with Crippen molar-refractivity contribution in [2.24, 2.45) is 5.73 Å². The summed E-state index contributed by atoms with van der Waals surface area (Å²) in [6, 6.07) is 7.16. The SMILES string of the molecule is CN(OCCN)C(=O)c1noc2ccccc12. The van der Waals surface area contributed by atoms with Gasteiger partial charge in [0.15, 0.2) is 11.3 Å². The number of nitrogens with two attached hydrogens (primary N) is 1. The van der Waals surface area contributed by atoms with Crippen LogP contribution in [0.2, 0.25) is 0 Å². The van der Waals surface area contributed by atoms with Crippen molar-refractivity contribution in [1.82, 2.24) is 10.2 Å². The third kappa shape index (κ3) is 2.27. The zero-order valence-corrected chi connectivity index (χ0v) is 9.42. The molecule has 0 unspecified atom stereocenters. The van der Waals surface area contributed by atoms with Crippen molar-refractivity contribution < 1.29 is 14.2 Å². The van der Waals surface area contributed by atoms with E-state index in [2.05, 4.69) is 5.16 Å². The average Bonchev–Trinajstić information content (AvgIpc) is 2.78. The predicted molar refractivity (Wildman–Crippen MR) is 61.1 cm³/mol. The predicted octanol–water partition coefficient (Wildman–Crippen LogP) is 0.790. The molecule has 0 spiro atoms. The Balaban J connectivity index is 2.24. The second kappa shape index (κ2) is 4.94. The Kier molecular flexibility index (Phi) is 3.36. The minimum absolute atomic E-state index is 0.236. The molecule has 2 N–H and O–H groups in total. The van der Waals surface area contributed by atoms with Crippen LogP contribution in [0, 0.1) is 0 Å². The first kappa shape index (κ1) is 11.6. The number of hydroxylamine groups is 2. The van der Waals surface area contributed by atoms with E-state index in [1.54, 1.807) is 12.1 Å². The molecule has 6 heteroatoms. The van der Waals surface area contributed by atoms with E-state index in [4.69, 9.17) is 15.1 Å². The number of hydrogen-bond acceptors (Lipinski definition) is 5.